The topological polar surface area (TPSA) is 52.3 Å². The Morgan fingerprint density at radius 2 is 1.88 bits per heavy atom. The molecule has 0 atom stereocenters. The Hall–Kier alpha value is -2.80. The third-order valence-corrected chi connectivity index (χ3v) is 4.58. The molecule has 0 aliphatic heterocycles. The molecule has 0 spiro atoms. The first kappa shape index (κ1) is 14.8. The van der Waals surface area contributed by atoms with Crippen LogP contribution in [0.1, 0.15) is 10.6 Å². The minimum atomic E-state index is -0.223. The summed E-state index contributed by atoms with van der Waals surface area (Å²) in [5.41, 5.74) is 1.51. The van der Waals surface area contributed by atoms with Crippen LogP contribution in [-0.2, 0) is 6.42 Å². The molecule has 0 radical (unpaired) electrons. The monoisotopic (exact) mass is 340 g/mol. The summed E-state index contributed by atoms with van der Waals surface area (Å²) in [7, 11) is 1.62. The van der Waals surface area contributed by atoms with Gasteiger partial charge in [0.25, 0.3) is 0 Å². The van der Waals surface area contributed by atoms with E-state index in [0.717, 1.165) is 16.3 Å². The molecule has 0 unspecified atom stereocenters. The van der Waals surface area contributed by atoms with Crippen molar-refractivity contribution in [2.24, 2.45) is 0 Å². The first-order valence-corrected chi connectivity index (χ1v) is 8.15. The van der Waals surface area contributed by atoms with Gasteiger partial charge in [0.2, 0.25) is 4.96 Å². The quantitative estimate of drug-likeness (QED) is 0.570. The van der Waals surface area contributed by atoms with E-state index < -0.39 is 0 Å². The summed E-state index contributed by atoms with van der Waals surface area (Å²) < 4.78 is 20.7. The Labute approximate surface area is 141 Å². The predicted octanol–water partition coefficient (Wildman–Crippen LogP) is 3.59. The number of fused-ring (bicyclic) bond motifs is 1. The van der Waals surface area contributed by atoms with E-state index in [4.69, 9.17) is 4.74 Å². The Kier molecular flexibility index (Phi) is 3.70. The van der Waals surface area contributed by atoms with Crippen LogP contribution in [-0.4, -0.2) is 26.9 Å². The highest BCUT2D eigenvalue weighted by molar-refractivity contribution is 7.16. The van der Waals surface area contributed by atoms with Crippen LogP contribution >= 0.6 is 11.3 Å². The van der Waals surface area contributed by atoms with Crippen LogP contribution in [0.5, 0.6) is 5.75 Å². The van der Waals surface area contributed by atoms with Crippen LogP contribution < -0.4 is 4.74 Å². The molecule has 0 bridgehead atoms. The zero-order valence-electron chi connectivity index (χ0n) is 12.8. The summed E-state index contributed by atoms with van der Waals surface area (Å²) in [6, 6.07) is 14.3. The summed E-state index contributed by atoms with van der Waals surface area (Å²) in [5, 5.41) is 13.7. The van der Waals surface area contributed by atoms with Crippen molar-refractivity contribution in [3.05, 3.63) is 64.9 Å². The number of halogens is 1. The van der Waals surface area contributed by atoms with E-state index in [2.05, 4.69) is 15.3 Å². The van der Waals surface area contributed by atoms with Gasteiger partial charge in [0, 0.05) is 12.0 Å². The number of benzene rings is 2. The number of hydrogen-bond donors (Lipinski definition) is 0. The fourth-order valence-corrected chi connectivity index (χ4v) is 3.31. The maximum Gasteiger partial charge on any atom is 0.234 e. The van der Waals surface area contributed by atoms with Gasteiger partial charge in [0.1, 0.15) is 16.6 Å². The normalized spacial score (nSPS) is 11.1. The lowest BCUT2D eigenvalue weighted by Crippen LogP contribution is -1.95. The summed E-state index contributed by atoms with van der Waals surface area (Å²) in [6.07, 6.45) is 0.433. The lowest BCUT2D eigenvalue weighted by atomic mass is 10.1. The molecule has 0 saturated heterocycles. The third-order valence-electron chi connectivity index (χ3n) is 3.68. The molecule has 2 heterocycles. The van der Waals surface area contributed by atoms with E-state index >= 15 is 0 Å². The van der Waals surface area contributed by atoms with Gasteiger partial charge in [-0.15, -0.1) is 10.2 Å². The number of hydrogen-bond acceptors (Lipinski definition) is 5. The van der Waals surface area contributed by atoms with Gasteiger partial charge in [0.05, 0.1) is 7.11 Å². The molecular formula is C17H13FN4OS. The van der Waals surface area contributed by atoms with Crippen molar-refractivity contribution in [1.82, 2.24) is 19.8 Å². The average molecular weight is 340 g/mol. The van der Waals surface area contributed by atoms with Gasteiger partial charge in [-0.2, -0.15) is 9.61 Å². The van der Waals surface area contributed by atoms with Gasteiger partial charge in [-0.25, -0.2) is 4.39 Å². The number of aromatic nitrogens is 4. The second kappa shape index (κ2) is 6.01. The van der Waals surface area contributed by atoms with Crippen LogP contribution in [0.2, 0.25) is 0 Å². The molecule has 5 nitrogen and oxygen atoms in total. The summed E-state index contributed by atoms with van der Waals surface area (Å²) in [4.78, 5) is 0.687. The van der Waals surface area contributed by atoms with Crippen molar-refractivity contribution in [1.29, 1.82) is 0 Å². The van der Waals surface area contributed by atoms with Gasteiger partial charge >= 0.3 is 0 Å². The van der Waals surface area contributed by atoms with Crippen LogP contribution in [0.3, 0.4) is 0 Å². The minimum absolute atomic E-state index is 0.223. The molecule has 4 rings (SSSR count). The van der Waals surface area contributed by atoms with E-state index in [9.17, 15) is 4.39 Å². The van der Waals surface area contributed by atoms with E-state index in [1.807, 2.05) is 30.3 Å². The first-order valence-electron chi connectivity index (χ1n) is 7.33. The summed E-state index contributed by atoms with van der Waals surface area (Å²) >= 11 is 1.41. The first-order chi connectivity index (χ1) is 11.7. The summed E-state index contributed by atoms with van der Waals surface area (Å²) in [5.74, 6) is 1.21. The number of rotatable bonds is 4. The van der Waals surface area contributed by atoms with Gasteiger partial charge in [0.15, 0.2) is 5.82 Å². The van der Waals surface area contributed by atoms with E-state index in [-0.39, 0.29) is 5.82 Å². The average Bonchev–Trinajstić information content (AvgIpc) is 3.17. The molecule has 0 amide bonds. The largest absolute Gasteiger partial charge is 0.497 e. The highest BCUT2D eigenvalue weighted by Gasteiger charge is 2.14. The second-order valence-corrected chi connectivity index (χ2v) is 6.25. The van der Waals surface area contributed by atoms with Crippen molar-refractivity contribution >= 4 is 16.3 Å². The van der Waals surface area contributed by atoms with Crippen LogP contribution in [0.4, 0.5) is 4.39 Å². The van der Waals surface area contributed by atoms with Crippen LogP contribution in [0, 0.1) is 5.82 Å². The lowest BCUT2D eigenvalue weighted by molar-refractivity contribution is 0.415. The molecule has 2 aromatic heterocycles. The minimum Gasteiger partial charge on any atom is -0.497 e. The number of nitrogens with zero attached hydrogens (tertiary/aromatic N) is 4. The molecular weight excluding hydrogens is 327 g/mol. The predicted molar refractivity (Wildman–Crippen MR) is 89.9 cm³/mol. The molecule has 0 aliphatic rings. The number of ether oxygens (including phenoxy) is 1. The third kappa shape index (κ3) is 2.63. The Bertz CT molecular complexity index is 993. The van der Waals surface area contributed by atoms with Gasteiger partial charge in [-0.1, -0.05) is 29.5 Å². The maximum atomic E-state index is 13.8. The van der Waals surface area contributed by atoms with Crippen LogP contribution in [0.25, 0.3) is 16.3 Å². The van der Waals surface area contributed by atoms with Crippen molar-refractivity contribution in [2.75, 3.05) is 7.11 Å². The molecule has 2 aromatic carbocycles. The zero-order valence-corrected chi connectivity index (χ0v) is 13.6. The highest BCUT2D eigenvalue weighted by Crippen LogP contribution is 2.25. The van der Waals surface area contributed by atoms with E-state index in [0.29, 0.717) is 22.8 Å². The van der Waals surface area contributed by atoms with E-state index in [1.165, 1.54) is 17.4 Å². The van der Waals surface area contributed by atoms with Crippen molar-refractivity contribution < 1.29 is 9.13 Å². The fraction of sp³-hybridized carbons (Fsp3) is 0.118. The maximum absolute atomic E-state index is 13.8. The van der Waals surface area contributed by atoms with Gasteiger partial charge < -0.3 is 4.74 Å². The molecule has 24 heavy (non-hydrogen) atoms. The van der Waals surface area contributed by atoms with Crippen molar-refractivity contribution in [3.63, 3.8) is 0 Å². The lowest BCUT2D eigenvalue weighted by Gasteiger charge is -2.01. The molecule has 0 saturated carbocycles. The molecule has 0 fully saturated rings. The second-order valence-electron chi connectivity index (χ2n) is 5.21. The zero-order chi connectivity index (χ0) is 16.5. The van der Waals surface area contributed by atoms with Crippen molar-refractivity contribution in [2.45, 2.75) is 6.42 Å². The number of methoxy groups -OCH3 is 1. The highest BCUT2D eigenvalue weighted by atomic mass is 32.1. The van der Waals surface area contributed by atoms with Gasteiger partial charge in [-0.3, -0.25) is 0 Å². The molecule has 120 valence electrons. The standard InChI is InChI=1S/C17H13FN4OS/c1-23-13-8-6-11(7-9-13)16-19-20-17-22(16)21-15(24-17)10-12-4-2-3-5-14(12)18/h2-9H,10H2,1H3. The van der Waals surface area contributed by atoms with Crippen molar-refractivity contribution in [3.8, 4) is 17.1 Å². The Morgan fingerprint density at radius 3 is 2.62 bits per heavy atom. The van der Waals surface area contributed by atoms with Gasteiger partial charge in [-0.05, 0) is 35.9 Å². The molecule has 0 aliphatic carbocycles. The fourth-order valence-electron chi connectivity index (χ4n) is 2.45. The molecule has 7 heteroatoms. The molecule has 4 aromatic rings. The van der Waals surface area contributed by atoms with Crippen LogP contribution in [0.15, 0.2) is 48.5 Å². The smallest absolute Gasteiger partial charge is 0.234 e. The summed E-state index contributed by atoms with van der Waals surface area (Å²) in [6.45, 7) is 0. The Balaban J connectivity index is 1.69. The SMILES string of the molecule is COc1ccc(-c2nnc3sc(Cc4ccccc4F)nn23)cc1. The Morgan fingerprint density at radius 1 is 1.08 bits per heavy atom. The molecule has 0 N–H and O–H groups in total. The van der Waals surface area contributed by atoms with E-state index in [1.54, 1.807) is 23.8 Å².